The van der Waals surface area contributed by atoms with Gasteiger partial charge in [-0.1, -0.05) is 25.7 Å². The minimum absolute atomic E-state index is 0.0589. The average molecular weight is 339 g/mol. The van der Waals surface area contributed by atoms with Crippen LogP contribution in [0, 0.1) is 5.92 Å². The first-order chi connectivity index (χ1) is 11.6. The Bertz CT molecular complexity index is 447. The fourth-order valence-corrected chi connectivity index (χ4v) is 3.50. The summed E-state index contributed by atoms with van der Waals surface area (Å²) in [5, 5.41) is 5.29. The number of hydrogen-bond acceptors (Lipinski definition) is 4. The number of carbonyl (C=O) groups excluding carboxylic acids is 3. The van der Waals surface area contributed by atoms with Gasteiger partial charge < -0.3 is 20.3 Å². The zero-order valence-electron chi connectivity index (χ0n) is 14.5. The quantitative estimate of drug-likeness (QED) is 0.520. The molecular weight excluding hydrogens is 310 g/mol. The molecule has 1 aliphatic carbocycles. The minimum Gasteiger partial charge on any atom is -0.383 e. The lowest BCUT2D eigenvalue weighted by Crippen LogP contribution is -2.41. The Morgan fingerprint density at radius 2 is 1.88 bits per heavy atom. The van der Waals surface area contributed by atoms with Gasteiger partial charge >= 0.3 is 0 Å². The zero-order valence-corrected chi connectivity index (χ0v) is 14.5. The molecule has 0 aromatic carbocycles. The van der Waals surface area contributed by atoms with E-state index in [1.54, 1.807) is 7.11 Å². The summed E-state index contributed by atoms with van der Waals surface area (Å²) in [6, 6.07) is 0.287. The molecule has 2 N–H and O–H groups in total. The van der Waals surface area contributed by atoms with E-state index in [1.165, 1.54) is 12.8 Å². The molecule has 2 aliphatic rings. The van der Waals surface area contributed by atoms with Crippen molar-refractivity contribution >= 4 is 17.7 Å². The van der Waals surface area contributed by atoms with Crippen LogP contribution >= 0.6 is 0 Å². The highest BCUT2D eigenvalue weighted by Crippen LogP contribution is 2.28. The fourth-order valence-electron chi connectivity index (χ4n) is 3.50. The number of nitrogens with zero attached hydrogens (tertiary/aromatic N) is 1. The number of carbonyl (C=O) groups is 3. The number of methoxy groups -OCH3 is 1. The highest BCUT2D eigenvalue weighted by molar-refractivity contribution is 5.91. The zero-order chi connectivity index (χ0) is 17.4. The highest BCUT2D eigenvalue weighted by Gasteiger charge is 2.37. The molecule has 0 spiro atoms. The molecule has 0 aromatic heterocycles. The normalized spacial score (nSPS) is 22.3. The Kier molecular flexibility index (Phi) is 7.49. The summed E-state index contributed by atoms with van der Waals surface area (Å²) in [7, 11) is 1.56. The Labute approximate surface area is 143 Å². The van der Waals surface area contributed by atoms with Gasteiger partial charge in [-0.3, -0.25) is 14.4 Å². The van der Waals surface area contributed by atoms with Crippen molar-refractivity contribution in [3.05, 3.63) is 0 Å². The minimum atomic E-state index is -0.340. The second-order valence-corrected chi connectivity index (χ2v) is 6.65. The standard InChI is InChI=1S/C17H29N3O4/c1-24-9-8-18-15(21)11-19-17(23)13-10-16(22)20(12-13)14-6-4-2-3-5-7-14/h13-14H,2-12H2,1H3,(H,18,21)(H,19,23). The molecule has 2 fully saturated rings. The van der Waals surface area contributed by atoms with Crippen LogP contribution in [0.15, 0.2) is 0 Å². The Balaban J connectivity index is 1.75. The molecule has 0 aromatic rings. The molecule has 0 bridgehead atoms. The van der Waals surface area contributed by atoms with Gasteiger partial charge in [-0.05, 0) is 12.8 Å². The Morgan fingerprint density at radius 3 is 2.54 bits per heavy atom. The molecule has 136 valence electrons. The van der Waals surface area contributed by atoms with E-state index in [4.69, 9.17) is 4.74 Å². The van der Waals surface area contributed by atoms with Gasteiger partial charge in [0.25, 0.3) is 0 Å². The number of ether oxygens (including phenoxy) is 1. The first-order valence-corrected chi connectivity index (χ1v) is 8.94. The van der Waals surface area contributed by atoms with Gasteiger partial charge in [0.05, 0.1) is 19.1 Å². The maximum Gasteiger partial charge on any atom is 0.239 e. The van der Waals surface area contributed by atoms with Crippen LogP contribution in [0.25, 0.3) is 0 Å². The Hall–Kier alpha value is -1.63. The van der Waals surface area contributed by atoms with Gasteiger partial charge in [0.2, 0.25) is 17.7 Å². The van der Waals surface area contributed by atoms with E-state index in [0.717, 1.165) is 25.7 Å². The molecule has 0 radical (unpaired) electrons. The third-order valence-corrected chi connectivity index (χ3v) is 4.85. The highest BCUT2D eigenvalue weighted by atomic mass is 16.5. The molecule has 1 saturated carbocycles. The molecule has 1 unspecified atom stereocenters. The summed E-state index contributed by atoms with van der Waals surface area (Å²) in [6.07, 6.45) is 7.14. The van der Waals surface area contributed by atoms with Crippen LogP contribution < -0.4 is 10.6 Å². The van der Waals surface area contributed by atoms with Crippen LogP contribution in [-0.4, -0.2) is 62.0 Å². The van der Waals surface area contributed by atoms with Crippen LogP contribution in [0.5, 0.6) is 0 Å². The molecule has 1 heterocycles. The van der Waals surface area contributed by atoms with Crippen LogP contribution in [0.2, 0.25) is 0 Å². The number of amides is 3. The van der Waals surface area contributed by atoms with Gasteiger partial charge in [0.15, 0.2) is 0 Å². The lowest BCUT2D eigenvalue weighted by atomic mass is 10.1. The van der Waals surface area contributed by atoms with Crippen molar-refractivity contribution in [2.75, 3.05) is 33.4 Å². The van der Waals surface area contributed by atoms with Gasteiger partial charge in [-0.2, -0.15) is 0 Å². The van der Waals surface area contributed by atoms with Crippen molar-refractivity contribution in [1.82, 2.24) is 15.5 Å². The monoisotopic (exact) mass is 339 g/mol. The number of hydrogen-bond donors (Lipinski definition) is 2. The molecular formula is C17H29N3O4. The van der Waals surface area contributed by atoms with E-state index in [0.29, 0.717) is 19.7 Å². The third kappa shape index (κ3) is 5.47. The molecule has 1 saturated heterocycles. The molecule has 2 rings (SSSR count). The second kappa shape index (κ2) is 9.61. The molecule has 1 atom stereocenters. The number of rotatable bonds is 7. The van der Waals surface area contributed by atoms with Crippen LogP contribution in [-0.2, 0) is 19.1 Å². The third-order valence-electron chi connectivity index (χ3n) is 4.85. The van der Waals surface area contributed by atoms with Crippen molar-refractivity contribution in [2.45, 2.75) is 51.0 Å². The predicted octanol–water partition coefficient (Wildman–Crippen LogP) is 0.437. The smallest absolute Gasteiger partial charge is 0.239 e. The fraction of sp³-hybridized carbons (Fsp3) is 0.824. The van der Waals surface area contributed by atoms with Crippen molar-refractivity contribution in [3.8, 4) is 0 Å². The van der Waals surface area contributed by atoms with Gasteiger partial charge in [0, 0.05) is 32.7 Å². The Morgan fingerprint density at radius 1 is 1.17 bits per heavy atom. The van der Waals surface area contributed by atoms with Crippen molar-refractivity contribution < 1.29 is 19.1 Å². The van der Waals surface area contributed by atoms with E-state index in [2.05, 4.69) is 10.6 Å². The maximum atomic E-state index is 12.3. The molecule has 3 amide bonds. The summed E-state index contributed by atoms with van der Waals surface area (Å²) in [5.74, 6) is -0.717. The van der Waals surface area contributed by atoms with E-state index >= 15 is 0 Å². The molecule has 1 aliphatic heterocycles. The topological polar surface area (TPSA) is 87.7 Å². The molecule has 7 heteroatoms. The maximum absolute atomic E-state index is 12.3. The summed E-state index contributed by atoms with van der Waals surface area (Å²) in [5.41, 5.74) is 0. The first-order valence-electron chi connectivity index (χ1n) is 8.94. The SMILES string of the molecule is COCCNC(=O)CNC(=O)C1CC(=O)N(C2CCCCCC2)C1. The van der Waals surface area contributed by atoms with E-state index in [-0.39, 0.29) is 42.6 Å². The van der Waals surface area contributed by atoms with Gasteiger partial charge in [-0.15, -0.1) is 0 Å². The number of nitrogens with one attached hydrogen (secondary N) is 2. The average Bonchev–Trinajstić information content (AvgIpc) is 2.78. The van der Waals surface area contributed by atoms with Gasteiger partial charge in [-0.25, -0.2) is 0 Å². The van der Waals surface area contributed by atoms with Crippen LogP contribution in [0.4, 0.5) is 0 Å². The van der Waals surface area contributed by atoms with Crippen LogP contribution in [0.3, 0.4) is 0 Å². The van der Waals surface area contributed by atoms with Crippen molar-refractivity contribution in [2.24, 2.45) is 5.92 Å². The lowest BCUT2D eigenvalue weighted by molar-refractivity contribution is -0.130. The van der Waals surface area contributed by atoms with Crippen LogP contribution in [0.1, 0.15) is 44.9 Å². The van der Waals surface area contributed by atoms with E-state index in [1.807, 2.05) is 4.90 Å². The summed E-state index contributed by atoms with van der Waals surface area (Å²) in [4.78, 5) is 38.0. The van der Waals surface area contributed by atoms with E-state index < -0.39 is 0 Å². The predicted molar refractivity (Wildman–Crippen MR) is 89.2 cm³/mol. The lowest BCUT2D eigenvalue weighted by Gasteiger charge is -2.27. The van der Waals surface area contributed by atoms with Crippen molar-refractivity contribution in [1.29, 1.82) is 0 Å². The molecule has 7 nitrogen and oxygen atoms in total. The van der Waals surface area contributed by atoms with E-state index in [9.17, 15) is 14.4 Å². The summed E-state index contributed by atoms with van der Waals surface area (Å²) in [6.45, 7) is 1.28. The molecule has 24 heavy (non-hydrogen) atoms. The van der Waals surface area contributed by atoms with Gasteiger partial charge in [0.1, 0.15) is 0 Å². The largest absolute Gasteiger partial charge is 0.383 e. The first kappa shape index (κ1) is 18.7. The van der Waals surface area contributed by atoms with Crippen molar-refractivity contribution in [3.63, 3.8) is 0 Å². The summed E-state index contributed by atoms with van der Waals surface area (Å²) >= 11 is 0. The number of likely N-dealkylation sites (tertiary alicyclic amines) is 1. The second-order valence-electron chi connectivity index (χ2n) is 6.65. The summed E-state index contributed by atoms with van der Waals surface area (Å²) < 4.78 is 4.84.